The molecular weight excluding hydrogens is 350 g/mol. The molecule has 2 N–H and O–H groups in total. The summed E-state index contributed by atoms with van der Waals surface area (Å²) in [6, 6.07) is 5.39. The molecule has 9 nitrogen and oxygen atoms in total. The lowest BCUT2D eigenvalue weighted by molar-refractivity contribution is -0.141. The standard InChI is InChI=1S/C18H27N5O4/c1-14(17(25)26)13-21(2)18(27)20-8-6-16(24)23-11-9-22(10-12-23)15-5-3-4-7-19-15/h3-5,7,14H,6,8-13H2,1-2H3,(H,20,27)(H,25,26). The zero-order chi connectivity index (χ0) is 19.8. The monoisotopic (exact) mass is 377 g/mol. The van der Waals surface area contributed by atoms with Gasteiger partial charge in [0.15, 0.2) is 0 Å². The maximum atomic E-state index is 12.3. The summed E-state index contributed by atoms with van der Waals surface area (Å²) in [7, 11) is 1.54. The van der Waals surface area contributed by atoms with Crippen molar-refractivity contribution in [3.8, 4) is 0 Å². The summed E-state index contributed by atoms with van der Waals surface area (Å²) in [4.78, 5) is 44.7. The van der Waals surface area contributed by atoms with Gasteiger partial charge in [-0.05, 0) is 12.1 Å². The molecule has 1 unspecified atom stereocenters. The highest BCUT2D eigenvalue weighted by Gasteiger charge is 2.22. The topological polar surface area (TPSA) is 106 Å². The van der Waals surface area contributed by atoms with E-state index in [-0.39, 0.29) is 31.4 Å². The van der Waals surface area contributed by atoms with Crippen LogP contribution in [-0.2, 0) is 9.59 Å². The van der Waals surface area contributed by atoms with Gasteiger partial charge >= 0.3 is 12.0 Å². The van der Waals surface area contributed by atoms with Crippen LogP contribution in [0.1, 0.15) is 13.3 Å². The number of nitrogens with zero attached hydrogens (tertiary/aromatic N) is 4. The van der Waals surface area contributed by atoms with Gasteiger partial charge in [0.25, 0.3) is 0 Å². The third-order valence-electron chi connectivity index (χ3n) is 4.54. The number of carbonyl (C=O) groups is 3. The van der Waals surface area contributed by atoms with Crippen LogP contribution in [0.5, 0.6) is 0 Å². The number of aromatic nitrogens is 1. The second kappa shape index (κ2) is 9.75. The van der Waals surface area contributed by atoms with Gasteiger partial charge in [-0.1, -0.05) is 13.0 Å². The molecule has 1 aliphatic rings. The van der Waals surface area contributed by atoms with Crippen LogP contribution in [0.2, 0.25) is 0 Å². The molecule has 1 atom stereocenters. The zero-order valence-electron chi connectivity index (χ0n) is 15.8. The first-order valence-corrected chi connectivity index (χ1v) is 9.04. The normalized spacial score (nSPS) is 15.2. The van der Waals surface area contributed by atoms with Gasteiger partial charge in [-0.25, -0.2) is 9.78 Å². The van der Waals surface area contributed by atoms with E-state index in [2.05, 4.69) is 15.2 Å². The predicted molar refractivity (Wildman–Crippen MR) is 100 cm³/mol. The number of carboxylic acid groups (broad SMARTS) is 1. The highest BCUT2D eigenvalue weighted by atomic mass is 16.4. The van der Waals surface area contributed by atoms with Gasteiger partial charge in [-0.15, -0.1) is 0 Å². The highest BCUT2D eigenvalue weighted by Crippen LogP contribution is 2.12. The van der Waals surface area contributed by atoms with E-state index in [1.54, 1.807) is 18.0 Å². The minimum atomic E-state index is -0.949. The van der Waals surface area contributed by atoms with Crippen LogP contribution in [-0.4, -0.2) is 84.1 Å². The van der Waals surface area contributed by atoms with Gasteiger partial charge in [-0.3, -0.25) is 9.59 Å². The van der Waals surface area contributed by atoms with E-state index in [9.17, 15) is 14.4 Å². The molecule has 1 aromatic heterocycles. The van der Waals surface area contributed by atoms with Gasteiger partial charge in [0.05, 0.1) is 5.92 Å². The fourth-order valence-electron chi connectivity index (χ4n) is 2.87. The van der Waals surface area contributed by atoms with Crippen molar-refractivity contribution in [2.24, 2.45) is 5.92 Å². The molecule has 3 amide bonds. The summed E-state index contributed by atoms with van der Waals surface area (Å²) in [6.07, 6.45) is 1.97. The lowest BCUT2D eigenvalue weighted by Crippen LogP contribution is -2.49. The fraction of sp³-hybridized carbons (Fsp3) is 0.556. The number of rotatable bonds is 7. The van der Waals surface area contributed by atoms with E-state index in [0.29, 0.717) is 13.1 Å². The van der Waals surface area contributed by atoms with Crippen LogP contribution >= 0.6 is 0 Å². The average Bonchev–Trinajstić information content (AvgIpc) is 2.68. The summed E-state index contributed by atoms with van der Waals surface area (Å²) in [5.74, 6) is -0.680. The number of amides is 3. The Morgan fingerprint density at radius 2 is 1.96 bits per heavy atom. The van der Waals surface area contributed by atoms with E-state index in [0.717, 1.165) is 18.9 Å². The molecule has 0 spiro atoms. The van der Waals surface area contributed by atoms with E-state index in [1.165, 1.54) is 11.9 Å². The first-order chi connectivity index (χ1) is 12.9. The van der Waals surface area contributed by atoms with Crippen molar-refractivity contribution in [3.05, 3.63) is 24.4 Å². The number of piperazine rings is 1. The Hall–Kier alpha value is -2.84. The SMILES string of the molecule is CC(CN(C)C(=O)NCCC(=O)N1CCN(c2ccccn2)CC1)C(=O)O. The van der Waals surface area contributed by atoms with Crippen molar-refractivity contribution in [1.82, 2.24) is 20.1 Å². The molecule has 2 rings (SSSR count). The Morgan fingerprint density at radius 3 is 2.56 bits per heavy atom. The van der Waals surface area contributed by atoms with Crippen molar-refractivity contribution < 1.29 is 19.5 Å². The van der Waals surface area contributed by atoms with Crippen LogP contribution in [0.15, 0.2) is 24.4 Å². The van der Waals surface area contributed by atoms with E-state index >= 15 is 0 Å². The number of carbonyl (C=O) groups excluding carboxylic acids is 2. The summed E-state index contributed by atoms with van der Waals surface area (Å²) in [5, 5.41) is 11.5. The average molecular weight is 377 g/mol. The second-order valence-corrected chi connectivity index (χ2v) is 6.66. The van der Waals surface area contributed by atoms with E-state index < -0.39 is 11.9 Å². The lowest BCUT2D eigenvalue weighted by atomic mass is 10.2. The third kappa shape index (κ3) is 6.12. The first-order valence-electron chi connectivity index (χ1n) is 9.04. The molecule has 9 heteroatoms. The lowest BCUT2D eigenvalue weighted by Gasteiger charge is -2.35. The Bertz CT molecular complexity index is 646. The van der Waals surface area contributed by atoms with E-state index in [4.69, 9.17) is 5.11 Å². The molecule has 0 radical (unpaired) electrons. The Balaban J connectivity index is 1.68. The Kier molecular flexibility index (Phi) is 7.39. The largest absolute Gasteiger partial charge is 0.481 e. The number of aliphatic carboxylic acids is 1. The van der Waals surface area contributed by atoms with Crippen LogP contribution in [0.4, 0.5) is 10.6 Å². The third-order valence-corrected chi connectivity index (χ3v) is 4.54. The number of carboxylic acids is 1. The van der Waals surface area contributed by atoms with Crippen molar-refractivity contribution in [1.29, 1.82) is 0 Å². The fourth-order valence-corrected chi connectivity index (χ4v) is 2.87. The maximum absolute atomic E-state index is 12.3. The van der Waals surface area contributed by atoms with Crippen molar-refractivity contribution in [2.75, 3.05) is 51.2 Å². The first kappa shape index (κ1) is 20.5. The summed E-state index contributed by atoms with van der Waals surface area (Å²) in [6.45, 7) is 4.59. The summed E-state index contributed by atoms with van der Waals surface area (Å²) < 4.78 is 0. The molecule has 1 fully saturated rings. The molecule has 1 aromatic rings. The van der Waals surface area contributed by atoms with Gasteiger partial charge in [0.2, 0.25) is 5.91 Å². The van der Waals surface area contributed by atoms with E-state index in [1.807, 2.05) is 18.2 Å². The molecule has 0 saturated carbocycles. The summed E-state index contributed by atoms with van der Waals surface area (Å²) in [5.41, 5.74) is 0. The van der Waals surface area contributed by atoms with Crippen LogP contribution in [0.25, 0.3) is 0 Å². The number of hydrogen-bond acceptors (Lipinski definition) is 5. The molecule has 148 valence electrons. The minimum Gasteiger partial charge on any atom is -0.481 e. The molecule has 0 aliphatic carbocycles. The molecular formula is C18H27N5O4. The number of hydrogen-bond donors (Lipinski definition) is 2. The molecule has 1 aliphatic heterocycles. The molecule has 27 heavy (non-hydrogen) atoms. The quantitative estimate of drug-likeness (QED) is 0.716. The van der Waals surface area contributed by atoms with Gasteiger partial charge in [0.1, 0.15) is 5.82 Å². The van der Waals surface area contributed by atoms with Crippen molar-refractivity contribution in [3.63, 3.8) is 0 Å². The number of urea groups is 1. The molecule has 1 saturated heterocycles. The van der Waals surface area contributed by atoms with Crippen molar-refractivity contribution in [2.45, 2.75) is 13.3 Å². The van der Waals surface area contributed by atoms with Crippen molar-refractivity contribution >= 4 is 23.7 Å². The highest BCUT2D eigenvalue weighted by molar-refractivity contribution is 5.79. The second-order valence-electron chi connectivity index (χ2n) is 6.66. The van der Waals surface area contributed by atoms with Gasteiger partial charge < -0.3 is 25.1 Å². The molecule has 0 bridgehead atoms. The van der Waals surface area contributed by atoms with Crippen LogP contribution < -0.4 is 10.2 Å². The number of anilines is 1. The number of pyridine rings is 1. The Morgan fingerprint density at radius 1 is 1.26 bits per heavy atom. The van der Waals surface area contributed by atoms with Crippen LogP contribution in [0.3, 0.4) is 0 Å². The van der Waals surface area contributed by atoms with Gasteiger partial charge in [0, 0.05) is 58.9 Å². The molecule has 2 heterocycles. The van der Waals surface area contributed by atoms with Crippen LogP contribution in [0, 0.1) is 5.92 Å². The minimum absolute atomic E-state index is 0.00229. The maximum Gasteiger partial charge on any atom is 0.317 e. The van der Waals surface area contributed by atoms with Gasteiger partial charge in [-0.2, -0.15) is 0 Å². The Labute approximate surface area is 158 Å². The smallest absolute Gasteiger partial charge is 0.317 e. The zero-order valence-corrected chi connectivity index (χ0v) is 15.8. The summed E-state index contributed by atoms with van der Waals surface area (Å²) >= 11 is 0. The number of nitrogens with one attached hydrogen (secondary N) is 1. The predicted octanol–water partition coefficient (Wildman–Crippen LogP) is 0.482. The molecule has 0 aromatic carbocycles.